The Morgan fingerprint density at radius 1 is 0.320 bits per heavy atom. The lowest BCUT2D eigenvalue weighted by Crippen LogP contribution is -2.30. The molecule has 0 unspecified atom stereocenters. The van der Waals surface area contributed by atoms with Gasteiger partial charge in [0, 0.05) is 19.3 Å². The number of ether oxygens (including phenoxy) is 3. The Morgan fingerprint density at radius 3 is 0.800 bits per heavy atom. The maximum Gasteiger partial charge on any atom is 0.306 e. The molecule has 0 N–H and O–H groups in total. The van der Waals surface area contributed by atoms with Crippen LogP contribution in [0.15, 0.2) is 0 Å². The smallest absolute Gasteiger partial charge is 0.306 e. The fourth-order valence-corrected chi connectivity index (χ4v) is 6.50. The second-order valence-corrected chi connectivity index (χ2v) is 15.0. The van der Waals surface area contributed by atoms with Crippen molar-refractivity contribution in [2.45, 2.75) is 252 Å². The maximum absolute atomic E-state index is 12.6. The van der Waals surface area contributed by atoms with Gasteiger partial charge in [0.2, 0.25) is 0 Å². The minimum Gasteiger partial charge on any atom is -0.462 e. The zero-order valence-electron chi connectivity index (χ0n) is 33.7. The SMILES string of the molecule is CCCCCCCCCCCCCCCC(=O)OC[C@H](COC(=O)CCCCCCCCC)OC(=O)CCCCCCCCCCCCCC. The molecule has 6 heteroatoms. The Kier molecular flexibility index (Phi) is 38.9. The van der Waals surface area contributed by atoms with Gasteiger partial charge in [-0.3, -0.25) is 14.4 Å². The molecule has 0 saturated carbocycles. The highest BCUT2D eigenvalue weighted by molar-refractivity contribution is 5.71. The molecule has 0 rings (SSSR count). The first kappa shape index (κ1) is 48.4. The third-order valence-electron chi connectivity index (χ3n) is 9.86. The van der Waals surface area contributed by atoms with Crippen molar-refractivity contribution in [3.05, 3.63) is 0 Å². The zero-order chi connectivity index (χ0) is 36.6. The summed E-state index contributed by atoms with van der Waals surface area (Å²) < 4.78 is 16.6. The molecule has 50 heavy (non-hydrogen) atoms. The summed E-state index contributed by atoms with van der Waals surface area (Å²) in [7, 11) is 0. The minimum atomic E-state index is -0.756. The van der Waals surface area contributed by atoms with Crippen molar-refractivity contribution < 1.29 is 28.6 Å². The number of hydrogen-bond donors (Lipinski definition) is 0. The molecule has 0 spiro atoms. The summed E-state index contributed by atoms with van der Waals surface area (Å²) in [6.45, 7) is 6.60. The molecule has 0 fully saturated rings. The zero-order valence-corrected chi connectivity index (χ0v) is 33.7. The molecule has 0 aromatic rings. The quantitative estimate of drug-likeness (QED) is 0.0358. The van der Waals surface area contributed by atoms with E-state index >= 15 is 0 Å². The third kappa shape index (κ3) is 37.7. The largest absolute Gasteiger partial charge is 0.462 e. The Labute approximate surface area is 310 Å². The first-order valence-electron chi connectivity index (χ1n) is 22.0. The van der Waals surface area contributed by atoms with Gasteiger partial charge in [-0.15, -0.1) is 0 Å². The van der Waals surface area contributed by atoms with Gasteiger partial charge in [0.1, 0.15) is 13.2 Å². The Hall–Kier alpha value is -1.59. The van der Waals surface area contributed by atoms with Crippen molar-refractivity contribution in [3.63, 3.8) is 0 Å². The van der Waals surface area contributed by atoms with E-state index in [1.165, 1.54) is 148 Å². The van der Waals surface area contributed by atoms with E-state index in [1.54, 1.807) is 0 Å². The van der Waals surface area contributed by atoms with Crippen LogP contribution >= 0.6 is 0 Å². The van der Waals surface area contributed by atoms with Crippen LogP contribution in [0.5, 0.6) is 0 Å². The number of rotatable bonds is 40. The van der Waals surface area contributed by atoms with Crippen molar-refractivity contribution in [1.82, 2.24) is 0 Å². The van der Waals surface area contributed by atoms with E-state index < -0.39 is 6.10 Å². The molecular weight excluding hydrogens is 624 g/mol. The predicted molar refractivity (Wildman–Crippen MR) is 210 cm³/mol. The minimum absolute atomic E-state index is 0.0633. The summed E-state index contributed by atoms with van der Waals surface area (Å²) in [6, 6.07) is 0. The molecule has 0 amide bonds. The van der Waals surface area contributed by atoms with Crippen LogP contribution in [0, 0.1) is 0 Å². The van der Waals surface area contributed by atoms with Crippen LogP contribution < -0.4 is 0 Å². The molecule has 0 aromatic heterocycles. The summed E-state index contributed by atoms with van der Waals surface area (Å²) in [5.74, 6) is -0.860. The second kappa shape index (κ2) is 40.2. The van der Waals surface area contributed by atoms with Gasteiger partial charge in [0.25, 0.3) is 0 Å². The molecule has 0 aliphatic rings. The summed E-state index contributed by atoms with van der Waals surface area (Å²) in [6.07, 6.45) is 39.5. The van der Waals surface area contributed by atoms with E-state index in [0.29, 0.717) is 19.3 Å². The van der Waals surface area contributed by atoms with Crippen molar-refractivity contribution in [2.75, 3.05) is 13.2 Å². The molecule has 0 heterocycles. The van der Waals surface area contributed by atoms with Crippen LogP contribution in [0.3, 0.4) is 0 Å². The topological polar surface area (TPSA) is 78.9 Å². The Balaban J connectivity index is 4.27. The van der Waals surface area contributed by atoms with Gasteiger partial charge in [0.05, 0.1) is 0 Å². The Morgan fingerprint density at radius 2 is 0.540 bits per heavy atom. The van der Waals surface area contributed by atoms with Crippen molar-refractivity contribution >= 4 is 17.9 Å². The summed E-state index contributed by atoms with van der Waals surface area (Å²) in [5.41, 5.74) is 0. The normalized spacial score (nSPS) is 11.8. The molecule has 0 aliphatic heterocycles. The second-order valence-electron chi connectivity index (χ2n) is 15.0. The van der Waals surface area contributed by atoms with E-state index in [0.717, 1.165) is 57.8 Å². The van der Waals surface area contributed by atoms with E-state index in [4.69, 9.17) is 14.2 Å². The van der Waals surface area contributed by atoms with Crippen molar-refractivity contribution in [3.8, 4) is 0 Å². The average Bonchev–Trinajstić information content (AvgIpc) is 3.11. The first-order chi connectivity index (χ1) is 24.5. The fraction of sp³-hybridized carbons (Fsp3) is 0.932. The number of unbranched alkanes of at least 4 members (excludes halogenated alkanes) is 29. The van der Waals surface area contributed by atoms with Gasteiger partial charge in [-0.25, -0.2) is 0 Å². The molecular formula is C44H84O6. The lowest BCUT2D eigenvalue weighted by molar-refractivity contribution is -0.167. The number of carbonyl (C=O) groups is 3. The molecule has 0 saturated heterocycles. The molecule has 296 valence electrons. The predicted octanol–water partition coefficient (Wildman–Crippen LogP) is 13.7. The van der Waals surface area contributed by atoms with Crippen LogP contribution in [0.2, 0.25) is 0 Å². The van der Waals surface area contributed by atoms with Crippen LogP contribution in [0.4, 0.5) is 0 Å². The van der Waals surface area contributed by atoms with E-state index in [2.05, 4.69) is 20.8 Å². The van der Waals surface area contributed by atoms with Gasteiger partial charge < -0.3 is 14.2 Å². The lowest BCUT2D eigenvalue weighted by atomic mass is 10.0. The highest BCUT2D eigenvalue weighted by atomic mass is 16.6. The third-order valence-corrected chi connectivity index (χ3v) is 9.86. The molecule has 6 nitrogen and oxygen atoms in total. The molecule has 0 bridgehead atoms. The van der Waals surface area contributed by atoms with Crippen molar-refractivity contribution in [2.24, 2.45) is 0 Å². The number of carbonyl (C=O) groups excluding carboxylic acids is 3. The summed E-state index contributed by atoms with van der Waals surface area (Å²) >= 11 is 0. The van der Waals surface area contributed by atoms with Crippen LogP contribution in [0.25, 0.3) is 0 Å². The molecule has 0 radical (unpaired) electrons. The van der Waals surface area contributed by atoms with E-state index in [9.17, 15) is 14.4 Å². The average molecular weight is 709 g/mol. The van der Waals surface area contributed by atoms with Crippen LogP contribution in [0.1, 0.15) is 245 Å². The molecule has 0 aromatic carbocycles. The summed E-state index contributed by atoms with van der Waals surface area (Å²) in [5, 5.41) is 0. The van der Waals surface area contributed by atoms with E-state index in [1.807, 2.05) is 0 Å². The van der Waals surface area contributed by atoms with Gasteiger partial charge in [0.15, 0.2) is 6.10 Å². The van der Waals surface area contributed by atoms with Gasteiger partial charge in [-0.1, -0.05) is 207 Å². The lowest BCUT2D eigenvalue weighted by Gasteiger charge is -2.18. The number of hydrogen-bond acceptors (Lipinski definition) is 6. The molecule has 1 atom stereocenters. The van der Waals surface area contributed by atoms with E-state index in [-0.39, 0.29) is 31.1 Å². The van der Waals surface area contributed by atoms with Gasteiger partial charge in [-0.2, -0.15) is 0 Å². The first-order valence-corrected chi connectivity index (χ1v) is 22.0. The van der Waals surface area contributed by atoms with Gasteiger partial charge >= 0.3 is 17.9 Å². The molecule has 0 aliphatic carbocycles. The highest BCUT2D eigenvalue weighted by Crippen LogP contribution is 2.15. The number of esters is 3. The monoisotopic (exact) mass is 709 g/mol. The standard InChI is InChI=1S/C44H84O6/c1-4-7-10-13-16-18-20-22-24-25-28-31-34-37-43(46)49-40-41(39-48-42(45)36-33-30-27-15-12-9-6-3)50-44(47)38-35-32-29-26-23-21-19-17-14-11-8-5-2/h41H,4-40H2,1-3H3/t41-/m0/s1. The van der Waals surface area contributed by atoms with Crippen LogP contribution in [-0.2, 0) is 28.6 Å². The van der Waals surface area contributed by atoms with Gasteiger partial charge in [-0.05, 0) is 19.3 Å². The van der Waals surface area contributed by atoms with Crippen LogP contribution in [-0.4, -0.2) is 37.2 Å². The summed E-state index contributed by atoms with van der Waals surface area (Å²) in [4.78, 5) is 37.5. The highest BCUT2D eigenvalue weighted by Gasteiger charge is 2.19. The fourth-order valence-electron chi connectivity index (χ4n) is 6.50. The maximum atomic E-state index is 12.6. The van der Waals surface area contributed by atoms with Crippen molar-refractivity contribution in [1.29, 1.82) is 0 Å². The Bertz CT molecular complexity index is 738.